The third kappa shape index (κ3) is 3.99. The second-order valence-corrected chi connectivity index (χ2v) is 5.25. The van der Waals surface area contributed by atoms with Gasteiger partial charge in [0.2, 0.25) is 0 Å². The number of aromatic nitrogens is 1. The van der Waals surface area contributed by atoms with Crippen molar-refractivity contribution in [2.45, 2.75) is 32.0 Å². The van der Waals surface area contributed by atoms with Gasteiger partial charge in [-0.25, -0.2) is 9.78 Å². The first-order valence-electron chi connectivity index (χ1n) is 6.71. The molecule has 6 nitrogen and oxygen atoms in total. The third-order valence-corrected chi connectivity index (χ3v) is 3.40. The monoisotopic (exact) mass is 320 g/mol. The molecule has 0 aromatic carbocycles. The van der Waals surface area contributed by atoms with Gasteiger partial charge in [0.25, 0.3) is 0 Å². The number of halogens is 3. The van der Waals surface area contributed by atoms with E-state index >= 15 is 0 Å². The number of carbonyl (C=O) groups excluding carboxylic acids is 2. The molecule has 2 atom stereocenters. The summed E-state index contributed by atoms with van der Waals surface area (Å²) in [5, 5.41) is 0. The molecule has 1 amide bonds. The molecule has 1 aromatic rings. The fourth-order valence-electron chi connectivity index (χ4n) is 2.39. The standard InChI is InChI=1S/C13H15F3N2O4/c1-8-2-3-9(10-4-17-7-22-10)18(5-8)11(19)12(20)21-6-13(14,15)16/h4,7-9H,2-3,5-6H2,1H3. The van der Waals surface area contributed by atoms with Crippen LogP contribution in [0.1, 0.15) is 31.6 Å². The molecule has 1 aliphatic heterocycles. The van der Waals surface area contributed by atoms with Crippen LogP contribution in [0.25, 0.3) is 0 Å². The van der Waals surface area contributed by atoms with Crippen LogP contribution in [0.15, 0.2) is 17.0 Å². The van der Waals surface area contributed by atoms with E-state index in [2.05, 4.69) is 9.72 Å². The van der Waals surface area contributed by atoms with Crippen molar-refractivity contribution in [2.75, 3.05) is 13.2 Å². The number of carbonyl (C=O) groups is 2. The summed E-state index contributed by atoms with van der Waals surface area (Å²) in [7, 11) is 0. The first-order valence-corrected chi connectivity index (χ1v) is 6.71. The van der Waals surface area contributed by atoms with E-state index in [1.165, 1.54) is 17.5 Å². The minimum atomic E-state index is -4.67. The van der Waals surface area contributed by atoms with Crippen LogP contribution in [-0.4, -0.2) is 41.1 Å². The van der Waals surface area contributed by atoms with Crippen molar-refractivity contribution in [3.8, 4) is 0 Å². The Bertz CT molecular complexity index is 530. The highest BCUT2D eigenvalue weighted by Gasteiger charge is 2.38. The summed E-state index contributed by atoms with van der Waals surface area (Å²) < 4.78 is 45.3. The molecule has 122 valence electrons. The minimum Gasteiger partial charge on any atom is -0.449 e. The first-order chi connectivity index (χ1) is 10.3. The highest BCUT2D eigenvalue weighted by molar-refractivity contribution is 6.32. The molecule has 0 radical (unpaired) electrons. The van der Waals surface area contributed by atoms with Gasteiger partial charge in [0, 0.05) is 6.54 Å². The van der Waals surface area contributed by atoms with E-state index in [4.69, 9.17) is 4.42 Å². The zero-order valence-corrected chi connectivity index (χ0v) is 11.8. The smallest absolute Gasteiger partial charge is 0.422 e. The number of amides is 1. The van der Waals surface area contributed by atoms with Gasteiger partial charge in [0.1, 0.15) is 5.76 Å². The summed E-state index contributed by atoms with van der Waals surface area (Å²) >= 11 is 0. The third-order valence-electron chi connectivity index (χ3n) is 3.40. The summed E-state index contributed by atoms with van der Waals surface area (Å²) in [5.41, 5.74) is 0. The quantitative estimate of drug-likeness (QED) is 0.616. The van der Waals surface area contributed by atoms with Gasteiger partial charge in [-0.1, -0.05) is 6.92 Å². The summed E-state index contributed by atoms with van der Waals surface area (Å²) in [5.74, 6) is -2.10. The molecule has 2 heterocycles. The van der Waals surface area contributed by atoms with E-state index in [-0.39, 0.29) is 12.5 Å². The van der Waals surface area contributed by atoms with Crippen molar-refractivity contribution in [1.29, 1.82) is 0 Å². The Kier molecular flexibility index (Phi) is 4.72. The summed E-state index contributed by atoms with van der Waals surface area (Å²) in [4.78, 5) is 28.6. The van der Waals surface area contributed by atoms with E-state index < -0.39 is 30.7 Å². The van der Waals surface area contributed by atoms with Gasteiger partial charge >= 0.3 is 18.1 Å². The summed E-state index contributed by atoms with van der Waals surface area (Å²) in [6.07, 6.45) is -0.725. The second-order valence-electron chi connectivity index (χ2n) is 5.25. The van der Waals surface area contributed by atoms with Gasteiger partial charge in [-0.3, -0.25) is 4.79 Å². The highest BCUT2D eigenvalue weighted by atomic mass is 19.4. The van der Waals surface area contributed by atoms with Crippen LogP contribution in [0.5, 0.6) is 0 Å². The van der Waals surface area contributed by atoms with Gasteiger partial charge in [-0.05, 0) is 18.8 Å². The van der Waals surface area contributed by atoms with Crippen LogP contribution in [0.2, 0.25) is 0 Å². The molecule has 0 spiro atoms. The van der Waals surface area contributed by atoms with E-state index in [0.717, 1.165) is 6.42 Å². The van der Waals surface area contributed by atoms with Crippen LogP contribution in [-0.2, 0) is 14.3 Å². The van der Waals surface area contributed by atoms with Crippen molar-refractivity contribution in [3.63, 3.8) is 0 Å². The number of hydrogen-bond acceptors (Lipinski definition) is 5. The molecular weight excluding hydrogens is 305 g/mol. The zero-order chi connectivity index (χ0) is 16.3. The summed E-state index contributed by atoms with van der Waals surface area (Å²) in [6, 6.07) is -0.523. The number of hydrogen-bond donors (Lipinski definition) is 0. The average molecular weight is 320 g/mol. The predicted molar refractivity (Wildman–Crippen MR) is 66.4 cm³/mol. The number of likely N-dealkylation sites (tertiary alicyclic amines) is 1. The van der Waals surface area contributed by atoms with Crippen LogP contribution < -0.4 is 0 Å². The Balaban J connectivity index is 2.08. The lowest BCUT2D eigenvalue weighted by Gasteiger charge is -2.36. The molecular formula is C13H15F3N2O4. The van der Waals surface area contributed by atoms with Gasteiger partial charge in [0.05, 0.1) is 12.2 Å². The molecule has 2 unspecified atom stereocenters. The van der Waals surface area contributed by atoms with Crippen LogP contribution in [0.3, 0.4) is 0 Å². The maximum absolute atomic E-state index is 12.1. The van der Waals surface area contributed by atoms with E-state index in [1.54, 1.807) is 0 Å². The maximum atomic E-state index is 12.1. The van der Waals surface area contributed by atoms with E-state index in [0.29, 0.717) is 12.2 Å². The average Bonchev–Trinajstić information content (AvgIpc) is 2.97. The fourth-order valence-corrected chi connectivity index (χ4v) is 2.39. The number of alkyl halides is 3. The molecule has 9 heteroatoms. The normalized spacial score (nSPS) is 22.5. The molecule has 1 saturated heterocycles. The molecule has 1 aliphatic rings. The van der Waals surface area contributed by atoms with Gasteiger partial charge in [-0.15, -0.1) is 0 Å². The Morgan fingerprint density at radius 1 is 1.45 bits per heavy atom. The van der Waals surface area contributed by atoms with Gasteiger partial charge < -0.3 is 14.1 Å². The predicted octanol–water partition coefficient (Wildman–Crippen LogP) is 2.08. The number of ether oxygens (including phenoxy) is 1. The number of nitrogens with zero attached hydrogens (tertiary/aromatic N) is 2. The van der Waals surface area contributed by atoms with Gasteiger partial charge in [-0.2, -0.15) is 13.2 Å². The van der Waals surface area contributed by atoms with Crippen LogP contribution >= 0.6 is 0 Å². The molecule has 2 rings (SSSR count). The molecule has 1 fully saturated rings. The SMILES string of the molecule is CC1CCC(c2cnco2)N(C(=O)C(=O)OCC(F)(F)F)C1. The lowest BCUT2D eigenvalue weighted by atomic mass is 9.93. The Hall–Kier alpha value is -2.06. The molecule has 0 bridgehead atoms. The molecule has 1 aromatic heterocycles. The van der Waals surface area contributed by atoms with Gasteiger partial charge in [0.15, 0.2) is 13.0 Å². The number of esters is 1. The highest BCUT2D eigenvalue weighted by Crippen LogP contribution is 2.33. The maximum Gasteiger partial charge on any atom is 0.422 e. The van der Waals surface area contributed by atoms with Crippen LogP contribution in [0.4, 0.5) is 13.2 Å². The molecule has 22 heavy (non-hydrogen) atoms. The van der Waals surface area contributed by atoms with E-state index in [1.807, 2.05) is 6.92 Å². The van der Waals surface area contributed by atoms with Crippen molar-refractivity contribution < 1.29 is 31.9 Å². The van der Waals surface area contributed by atoms with Crippen molar-refractivity contribution >= 4 is 11.9 Å². The number of oxazole rings is 1. The first kappa shape index (κ1) is 16.3. The topological polar surface area (TPSA) is 72.6 Å². The summed E-state index contributed by atoms with van der Waals surface area (Å²) in [6.45, 7) is 0.344. The second kappa shape index (κ2) is 6.37. The number of piperidine rings is 1. The Labute approximate surface area is 124 Å². The van der Waals surface area contributed by atoms with Crippen molar-refractivity contribution in [3.05, 3.63) is 18.4 Å². The Morgan fingerprint density at radius 2 is 2.18 bits per heavy atom. The fraction of sp³-hybridized carbons (Fsp3) is 0.615. The largest absolute Gasteiger partial charge is 0.449 e. The van der Waals surface area contributed by atoms with Crippen molar-refractivity contribution in [2.24, 2.45) is 5.92 Å². The van der Waals surface area contributed by atoms with E-state index in [9.17, 15) is 22.8 Å². The zero-order valence-electron chi connectivity index (χ0n) is 11.8. The molecule has 0 saturated carbocycles. The minimum absolute atomic E-state index is 0.124. The van der Waals surface area contributed by atoms with Crippen molar-refractivity contribution in [1.82, 2.24) is 9.88 Å². The lowest BCUT2D eigenvalue weighted by Crippen LogP contribution is -2.45. The molecule has 0 aliphatic carbocycles. The Morgan fingerprint density at radius 3 is 2.77 bits per heavy atom. The lowest BCUT2D eigenvalue weighted by molar-refractivity contribution is -0.190. The van der Waals surface area contributed by atoms with Crippen LogP contribution in [0, 0.1) is 5.92 Å². The molecule has 0 N–H and O–H groups in total. The number of rotatable bonds is 2.